The third-order valence-corrected chi connectivity index (χ3v) is 3.11. The van der Waals surface area contributed by atoms with Gasteiger partial charge in [0.15, 0.2) is 0 Å². The summed E-state index contributed by atoms with van der Waals surface area (Å²) in [6, 6.07) is 8.58. The highest BCUT2D eigenvalue weighted by Gasteiger charge is 2.30. The van der Waals surface area contributed by atoms with Crippen LogP contribution in [0.2, 0.25) is 0 Å². The summed E-state index contributed by atoms with van der Waals surface area (Å²) in [5.41, 5.74) is 0.894. The molecule has 96 valence electrons. The van der Waals surface area contributed by atoms with Gasteiger partial charge in [-0.25, -0.2) is 4.79 Å². The maximum atomic E-state index is 11.8. The monoisotopic (exact) mass is 247 g/mol. The van der Waals surface area contributed by atoms with Gasteiger partial charge in [0.05, 0.1) is 6.42 Å². The fraction of sp³-hybridized carbons (Fsp3) is 0.429. The molecule has 0 unspecified atom stereocenters. The Morgan fingerprint density at radius 3 is 2.50 bits per heavy atom. The van der Waals surface area contributed by atoms with Crippen LogP contribution in [0, 0.1) is 5.92 Å². The van der Waals surface area contributed by atoms with Crippen LogP contribution < -0.4 is 5.32 Å². The van der Waals surface area contributed by atoms with E-state index in [4.69, 9.17) is 5.11 Å². The van der Waals surface area contributed by atoms with Gasteiger partial charge in [0.1, 0.15) is 6.04 Å². The number of aliphatic carboxylic acids is 1. The molecule has 0 heterocycles. The SMILES string of the molecule is O=C(Cc1ccccc1)N[C@H](CC1CC1)C(=O)O. The minimum absolute atomic E-state index is 0.228. The molecule has 1 saturated carbocycles. The van der Waals surface area contributed by atoms with E-state index in [1.807, 2.05) is 30.3 Å². The quantitative estimate of drug-likeness (QED) is 0.802. The maximum absolute atomic E-state index is 11.8. The topological polar surface area (TPSA) is 66.4 Å². The zero-order chi connectivity index (χ0) is 13.0. The van der Waals surface area contributed by atoms with Gasteiger partial charge in [0.25, 0.3) is 0 Å². The van der Waals surface area contributed by atoms with E-state index in [2.05, 4.69) is 5.32 Å². The second-order valence-corrected chi connectivity index (χ2v) is 4.80. The van der Waals surface area contributed by atoms with E-state index in [0.717, 1.165) is 18.4 Å². The highest BCUT2D eigenvalue weighted by molar-refractivity contribution is 5.84. The molecule has 1 amide bonds. The molecule has 4 heteroatoms. The van der Waals surface area contributed by atoms with Crippen molar-refractivity contribution in [3.05, 3.63) is 35.9 Å². The Morgan fingerprint density at radius 2 is 1.94 bits per heavy atom. The molecule has 0 aromatic heterocycles. The van der Waals surface area contributed by atoms with Crippen molar-refractivity contribution in [2.75, 3.05) is 0 Å². The van der Waals surface area contributed by atoms with Crippen molar-refractivity contribution in [2.45, 2.75) is 31.7 Å². The molecule has 4 nitrogen and oxygen atoms in total. The number of hydrogen-bond acceptors (Lipinski definition) is 2. The summed E-state index contributed by atoms with van der Waals surface area (Å²) < 4.78 is 0. The molecule has 1 atom stereocenters. The lowest BCUT2D eigenvalue weighted by atomic mass is 10.1. The number of amides is 1. The van der Waals surface area contributed by atoms with Crippen molar-refractivity contribution >= 4 is 11.9 Å². The van der Waals surface area contributed by atoms with Crippen LogP contribution in [0.15, 0.2) is 30.3 Å². The molecular weight excluding hydrogens is 230 g/mol. The van der Waals surface area contributed by atoms with Crippen LogP contribution in [0.25, 0.3) is 0 Å². The first kappa shape index (κ1) is 12.6. The van der Waals surface area contributed by atoms with Crippen molar-refractivity contribution in [2.24, 2.45) is 5.92 Å². The number of carbonyl (C=O) groups excluding carboxylic acids is 1. The lowest BCUT2D eigenvalue weighted by Gasteiger charge is -2.14. The van der Waals surface area contributed by atoms with Crippen LogP contribution in [0.5, 0.6) is 0 Å². The largest absolute Gasteiger partial charge is 0.480 e. The number of carbonyl (C=O) groups is 2. The summed E-state index contributed by atoms with van der Waals surface area (Å²) in [6.07, 6.45) is 2.95. The Balaban J connectivity index is 1.86. The van der Waals surface area contributed by atoms with Crippen LogP contribution in [-0.2, 0) is 16.0 Å². The number of rotatable bonds is 6. The van der Waals surface area contributed by atoms with Crippen LogP contribution >= 0.6 is 0 Å². The Bertz CT molecular complexity index is 426. The molecule has 2 rings (SSSR count). The average molecular weight is 247 g/mol. The summed E-state index contributed by atoms with van der Waals surface area (Å²) in [4.78, 5) is 22.8. The minimum Gasteiger partial charge on any atom is -0.480 e. The van der Waals surface area contributed by atoms with Crippen LogP contribution in [0.4, 0.5) is 0 Å². The van der Waals surface area contributed by atoms with Crippen LogP contribution in [0.1, 0.15) is 24.8 Å². The predicted molar refractivity (Wildman–Crippen MR) is 67.1 cm³/mol. The maximum Gasteiger partial charge on any atom is 0.326 e. The van der Waals surface area contributed by atoms with E-state index < -0.39 is 12.0 Å². The van der Waals surface area contributed by atoms with E-state index >= 15 is 0 Å². The number of nitrogens with one attached hydrogen (secondary N) is 1. The lowest BCUT2D eigenvalue weighted by Crippen LogP contribution is -2.41. The smallest absolute Gasteiger partial charge is 0.326 e. The van der Waals surface area contributed by atoms with Crippen molar-refractivity contribution in [3.63, 3.8) is 0 Å². The van der Waals surface area contributed by atoms with E-state index in [1.54, 1.807) is 0 Å². The molecule has 18 heavy (non-hydrogen) atoms. The molecule has 2 N–H and O–H groups in total. The number of carboxylic acid groups (broad SMARTS) is 1. The van der Waals surface area contributed by atoms with Gasteiger partial charge in [-0.3, -0.25) is 4.79 Å². The molecule has 0 spiro atoms. The fourth-order valence-corrected chi connectivity index (χ4v) is 1.93. The highest BCUT2D eigenvalue weighted by Crippen LogP contribution is 2.33. The zero-order valence-corrected chi connectivity index (χ0v) is 10.1. The first-order chi connectivity index (χ1) is 8.65. The van der Waals surface area contributed by atoms with Gasteiger partial charge in [-0.1, -0.05) is 43.2 Å². The molecular formula is C14H17NO3. The summed E-state index contributed by atoms with van der Waals surface area (Å²) in [6.45, 7) is 0. The molecule has 1 aliphatic carbocycles. The number of benzene rings is 1. The minimum atomic E-state index is -0.941. The number of carboxylic acids is 1. The first-order valence-corrected chi connectivity index (χ1v) is 6.21. The van der Waals surface area contributed by atoms with Gasteiger partial charge in [-0.2, -0.15) is 0 Å². The van der Waals surface area contributed by atoms with E-state index in [9.17, 15) is 9.59 Å². The zero-order valence-electron chi connectivity index (χ0n) is 10.1. The normalized spacial score (nSPS) is 16.0. The highest BCUT2D eigenvalue weighted by atomic mass is 16.4. The van der Waals surface area contributed by atoms with Gasteiger partial charge < -0.3 is 10.4 Å². The Hall–Kier alpha value is -1.84. The second kappa shape index (κ2) is 5.67. The van der Waals surface area contributed by atoms with Crippen molar-refractivity contribution in [1.82, 2.24) is 5.32 Å². The lowest BCUT2D eigenvalue weighted by molar-refractivity contribution is -0.142. The van der Waals surface area contributed by atoms with Crippen molar-refractivity contribution in [3.8, 4) is 0 Å². The summed E-state index contributed by atoms with van der Waals surface area (Å²) >= 11 is 0. The molecule has 0 radical (unpaired) electrons. The van der Waals surface area contributed by atoms with Crippen LogP contribution in [-0.4, -0.2) is 23.0 Å². The second-order valence-electron chi connectivity index (χ2n) is 4.80. The average Bonchev–Trinajstić information content (AvgIpc) is 3.13. The fourth-order valence-electron chi connectivity index (χ4n) is 1.93. The van der Waals surface area contributed by atoms with Gasteiger partial charge >= 0.3 is 5.97 Å². The Labute approximate surface area is 106 Å². The van der Waals surface area contributed by atoms with Crippen LogP contribution in [0.3, 0.4) is 0 Å². The Morgan fingerprint density at radius 1 is 1.28 bits per heavy atom. The van der Waals surface area contributed by atoms with E-state index in [0.29, 0.717) is 12.3 Å². The summed E-state index contributed by atoms with van der Waals surface area (Å²) in [5.74, 6) is -0.694. The van der Waals surface area contributed by atoms with Crippen molar-refractivity contribution < 1.29 is 14.7 Å². The van der Waals surface area contributed by atoms with Gasteiger partial charge in [-0.05, 0) is 17.9 Å². The van der Waals surface area contributed by atoms with Crippen molar-refractivity contribution in [1.29, 1.82) is 0 Å². The van der Waals surface area contributed by atoms with Gasteiger partial charge in [-0.15, -0.1) is 0 Å². The predicted octanol–water partition coefficient (Wildman–Crippen LogP) is 1.60. The molecule has 0 bridgehead atoms. The first-order valence-electron chi connectivity index (χ1n) is 6.21. The van der Waals surface area contributed by atoms with Gasteiger partial charge in [0, 0.05) is 0 Å². The van der Waals surface area contributed by atoms with E-state index in [-0.39, 0.29) is 12.3 Å². The molecule has 1 aromatic carbocycles. The Kier molecular flexibility index (Phi) is 3.97. The molecule has 0 aliphatic heterocycles. The molecule has 1 fully saturated rings. The third-order valence-electron chi connectivity index (χ3n) is 3.11. The summed E-state index contributed by atoms with van der Waals surface area (Å²) in [7, 11) is 0. The third kappa shape index (κ3) is 3.87. The standard InChI is InChI=1S/C14H17NO3/c16-13(9-10-4-2-1-3-5-10)15-12(14(17)18)8-11-6-7-11/h1-5,11-12H,6-9H2,(H,15,16)(H,17,18)/t12-/m1/s1. The molecule has 0 saturated heterocycles. The van der Waals surface area contributed by atoms with E-state index in [1.165, 1.54) is 0 Å². The summed E-state index contributed by atoms with van der Waals surface area (Å²) in [5, 5.41) is 11.6. The molecule has 1 aromatic rings. The molecule has 1 aliphatic rings. The number of hydrogen-bond donors (Lipinski definition) is 2. The van der Waals surface area contributed by atoms with Gasteiger partial charge in [0.2, 0.25) is 5.91 Å².